The van der Waals surface area contributed by atoms with Crippen LogP contribution in [0.5, 0.6) is 5.75 Å². The highest BCUT2D eigenvalue weighted by Crippen LogP contribution is 2.43. The maximum atomic E-state index is 13.1. The molecule has 1 unspecified atom stereocenters. The summed E-state index contributed by atoms with van der Waals surface area (Å²) in [4.78, 5) is 0. The second-order valence-electron chi connectivity index (χ2n) is 4.41. The van der Waals surface area contributed by atoms with E-state index in [1.54, 1.807) is 0 Å². The van der Waals surface area contributed by atoms with Crippen molar-refractivity contribution < 1.29 is 23.4 Å². The number of hydrogen-bond acceptors (Lipinski definition) is 2. The van der Waals surface area contributed by atoms with Crippen LogP contribution in [0.1, 0.15) is 18.4 Å². The van der Waals surface area contributed by atoms with Crippen molar-refractivity contribution in [3.05, 3.63) is 28.8 Å². The van der Waals surface area contributed by atoms with Crippen molar-refractivity contribution in [1.82, 2.24) is 0 Å². The Morgan fingerprint density at radius 1 is 1.26 bits per heavy atom. The molecular weight excluding hydrogens is 281 g/mol. The molecule has 0 aromatic heterocycles. The van der Waals surface area contributed by atoms with Crippen molar-refractivity contribution >= 4 is 11.6 Å². The topological polar surface area (TPSA) is 40.5 Å². The summed E-state index contributed by atoms with van der Waals surface area (Å²) in [6.45, 7) is 0. The van der Waals surface area contributed by atoms with E-state index >= 15 is 0 Å². The molecule has 19 heavy (non-hydrogen) atoms. The standard InChI is InChI=1S/C13H10ClF3O2/c14-9-3-4-11(18)10(7-9)12(19,13(15,16)17)6-5-8-1-2-8/h3-4,7-8,18-19H,1-2H2. The fraction of sp³-hybridized carbons (Fsp3) is 0.385. The molecule has 102 valence electrons. The molecule has 1 atom stereocenters. The van der Waals surface area contributed by atoms with Gasteiger partial charge in [-0.1, -0.05) is 23.4 Å². The van der Waals surface area contributed by atoms with E-state index in [9.17, 15) is 23.4 Å². The van der Waals surface area contributed by atoms with Gasteiger partial charge in [0.2, 0.25) is 0 Å². The number of alkyl halides is 3. The summed E-state index contributed by atoms with van der Waals surface area (Å²) < 4.78 is 39.2. The lowest BCUT2D eigenvalue weighted by Gasteiger charge is -2.26. The molecule has 0 radical (unpaired) electrons. The number of aliphatic hydroxyl groups is 1. The summed E-state index contributed by atoms with van der Waals surface area (Å²) in [5.41, 5.74) is -4.16. The Bertz CT molecular complexity index is 555. The maximum absolute atomic E-state index is 13.1. The summed E-state index contributed by atoms with van der Waals surface area (Å²) in [7, 11) is 0. The van der Waals surface area contributed by atoms with Gasteiger partial charge >= 0.3 is 6.18 Å². The molecule has 1 aliphatic rings. The van der Waals surface area contributed by atoms with Crippen LogP contribution in [0.4, 0.5) is 13.2 Å². The summed E-state index contributed by atoms with van der Waals surface area (Å²) in [6.07, 6.45) is -3.58. The number of halogens is 4. The van der Waals surface area contributed by atoms with Gasteiger partial charge in [-0.25, -0.2) is 0 Å². The van der Waals surface area contributed by atoms with Crippen LogP contribution >= 0.6 is 11.6 Å². The molecule has 1 aromatic rings. The predicted molar refractivity (Wildman–Crippen MR) is 63.6 cm³/mol. The van der Waals surface area contributed by atoms with E-state index in [0.29, 0.717) is 0 Å². The smallest absolute Gasteiger partial charge is 0.433 e. The minimum Gasteiger partial charge on any atom is -0.508 e. The average molecular weight is 291 g/mol. The van der Waals surface area contributed by atoms with E-state index < -0.39 is 23.1 Å². The summed E-state index contributed by atoms with van der Waals surface area (Å²) in [5.74, 6) is 3.40. The van der Waals surface area contributed by atoms with E-state index in [1.807, 2.05) is 5.92 Å². The molecule has 0 spiro atoms. The molecule has 1 saturated carbocycles. The van der Waals surface area contributed by atoms with Crippen LogP contribution < -0.4 is 0 Å². The van der Waals surface area contributed by atoms with Gasteiger partial charge in [-0.15, -0.1) is 0 Å². The zero-order valence-corrected chi connectivity index (χ0v) is 10.4. The molecule has 2 rings (SSSR count). The summed E-state index contributed by atoms with van der Waals surface area (Å²) in [6, 6.07) is 3.09. The first kappa shape index (κ1) is 14.0. The van der Waals surface area contributed by atoms with Crippen LogP contribution in [0.25, 0.3) is 0 Å². The first-order valence-corrected chi connectivity index (χ1v) is 5.92. The van der Waals surface area contributed by atoms with Gasteiger partial charge in [0.15, 0.2) is 0 Å². The highest BCUT2D eigenvalue weighted by molar-refractivity contribution is 6.30. The molecule has 2 N–H and O–H groups in total. The number of phenols is 1. The fourth-order valence-corrected chi connectivity index (χ4v) is 1.70. The Morgan fingerprint density at radius 3 is 2.42 bits per heavy atom. The van der Waals surface area contributed by atoms with Crippen molar-refractivity contribution in [2.75, 3.05) is 0 Å². The summed E-state index contributed by atoms with van der Waals surface area (Å²) in [5, 5.41) is 19.4. The fourth-order valence-electron chi connectivity index (χ4n) is 1.52. The highest BCUT2D eigenvalue weighted by atomic mass is 35.5. The van der Waals surface area contributed by atoms with Crippen molar-refractivity contribution in [2.45, 2.75) is 24.6 Å². The lowest BCUT2D eigenvalue weighted by molar-refractivity contribution is -0.241. The Balaban J connectivity index is 2.54. The molecule has 1 aromatic carbocycles. The number of phenolic OH excluding ortho intramolecular Hbond substituents is 1. The zero-order chi connectivity index (χ0) is 14.3. The maximum Gasteiger partial charge on any atom is 0.433 e. The number of hydrogen-bond donors (Lipinski definition) is 2. The molecule has 1 aliphatic carbocycles. The number of aromatic hydroxyl groups is 1. The lowest BCUT2D eigenvalue weighted by atomic mass is 9.92. The average Bonchev–Trinajstić information content (AvgIpc) is 3.11. The third-order valence-electron chi connectivity index (χ3n) is 2.79. The van der Waals surface area contributed by atoms with Crippen molar-refractivity contribution in [3.63, 3.8) is 0 Å². The zero-order valence-electron chi connectivity index (χ0n) is 9.63. The monoisotopic (exact) mass is 290 g/mol. The van der Waals surface area contributed by atoms with Gasteiger partial charge in [0.1, 0.15) is 5.75 Å². The number of rotatable bonds is 1. The first-order valence-electron chi connectivity index (χ1n) is 5.55. The first-order chi connectivity index (χ1) is 8.74. The molecular formula is C13H10ClF3O2. The molecule has 0 bridgehead atoms. The number of benzene rings is 1. The van der Waals surface area contributed by atoms with Crippen molar-refractivity contribution in [2.24, 2.45) is 5.92 Å². The minimum atomic E-state index is -5.03. The van der Waals surface area contributed by atoms with Crippen molar-refractivity contribution in [3.8, 4) is 17.6 Å². The second kappa shape index (κ2) is 4.62. The Labute approximate surface area is 112 Å². The normalized spacial score (nSPS) is 18.4. The molecule has 1 fully saturated rings. The third-order valence-corrected chi connectivity index (χ3v) is 3.03. The van der Waals surface area contributed by atoms with Crippen LogP contribution in [0.15, 0.2) is 18.2 Å². The van der Waals surface area contributed by atoms with Gasteiger partial charge in [0, 0.05) is 16.5 Å². The third kappa shape index (κ3) is 2.80. The van der Waals surface area contributed by atoms with Gasteiger partial charge in [-0.3, -0.25) is 0 Å². The highest BCUT2D eigenvalue weighted by Gasteiger charge is 2.55. The van der Waals surface area contributed by atoms with Gasteiger partial charge in [0.05, 0.1) is 0 Å². The van der Waals surface area contributed by atoms with Crippen LogP contribution in [0.3, 0.4) is 0 Å². The SMILES string of the molecule is Oc1ccc(Cl)cc1C(O)(C#CC1CC1)C(F)(F)F. The molecule has 0 heterocycles. The Morgan fingerprint density at radius 2 is 1.89 bits per heavy atom. The van der Waals surface area contributed by atoms with Crippen LogP contribution in [0, 0.1) is 17.8 Å². The largest absolute Gasteiger partial charge is 0.508 e. The van der Waals surface area contributed by atoms with E-state index in [2.05, 4.69) is 5.92 Å². The van der Waals surface area contributed by atoms with Crippen molar-refractivity contribution in [1.29, 1.82) is 0 Å². The second-order valence-corrected chi connectivity index (χ2v) is 4.85. The van der Waals surface area contributed by atoms with E-state index in [-0.39, 0.29) is 10.9 Å². The molecule has 0 amide bonds. The quantitative estimate of drug-likeness (QED) is 0.780. The molecule has 2 nitrogen and oxygen atoms in total. The lowest BCUT2D eigenvalue weighted by Crippen LogP contribution is -2.41. The van der Waals surface area contributed by atoms with Gasteiger partial charge < -0.3 is 10.2 Å². The Hall–Kier alpha value is -1.38. The summed E-state index contributed by atoms with van der Waals surface area (Å²) >= 11 is 5.61. The predicted octanol–water partition coefficient (Wildman–Crippen LogP) is 3.21. The molecule has 6 heteroatoms. The molecule has 0 saturated heterocycles. The van der Waals surface area contributed by atoms with Crippen LogP contribution in [0.2, 0.25) is 5.02 Å². The van der Waals surface area contributed by atoms with Crippen LogP contribution in [-0.2, 0) is 5.60 Å². The molecule has 0 aliphatic heterocycles. The van der Waals surface area contributed by atoms with E-state index in [4.69, 9.17) is 11.6 Å². The van der Waals surface area contributed by atoms with Gasteiger partial charge in [-0.05, 0) is 31.0 Å². The van der Waals surface area contributed by atoms with E-state index in [0.717, 1.165) is 25.0 Å². The van der Waals surface area contributed by atoms with Crippen LogP contribution in [-0.4, -0.2) is 16.4 Å². The van der Waals surface area contributed by atoms with Gasteiger partial charge in [-0.2, -0.15) is 13.2 Å². The Kier molecular flexibility index (Phi) is 3.41. The minimum absolute atomic E-state index is 0.0244. The van der Waals surface area contributed by atoms with E-state index in [1.165, 1.54) is 6.07 Å². The van der Waals surface area contributed by atoms with Gasteiger partial charge in [0.25, 0.3) is 5.60 Å².